The van der Waals surface area contributed by atoms with E-state index in [1.165, 1.54) is 44.9 Å². The number of carbonyl (C=O) groups is 3. The molecule has 0 spiro atoms. The maximum Gasteiger partial charge on any atom is 0.315 e. The van der Waals surface area contributed by atoms with Gasteiger partial charge in [-0.3, -0.25) is 14.4 Å². The summed E-state index contributed by atoms with van der Waals surface area (Å²) in [6.07, 6.45) is 0.0762. The Bertz CT molecular complexity index is 311. The Kier molecular flexibility index (Phi) is 8.66. The van der Waals surface area contributed by atoms with Gasteiger partial charge in [-0.1, -0.05) is 0 Å². The van der Waals surface area contributed by atoms with E-state index >= 15 is 0 Å². The van der Waals surface area contributed by atoms with Gasteiger partial charge in [0.2, 0.25) is 0 Å². The minimum atomic E-state index is -0.657. The van der Waals surface area contributed by atoms with Gasteiger partial charge in [0, 0.05) is 0 Å². The van der Waals surface area contributed by atoms with Gasteiger partial charge < -0.3 is 14.2 Å². The summed E-state index contributed by atoms with van der Waals surface area (Å²) in [5.74, 6) is -0.993. The normalized spacial score (nSPS) is 10.7. The molecule has 6 nitrogen and oxygen atoms in total. The highest BCUT2D eigenvalue weighted by molar-refractivity contribution is 8.18. The van der Waals surface area contributed by atoms with E-state index in [1.54, 1.807) is 6.92 Å². The number of esters is 3. The summed E-state index contributed by atoms with van der Waals surface area (Å²) >= 11 is 2.47. The van der Waals surface area contributed by atoms with Gasteiger partial charge >= 0.3 is 17.9 Å². The Morgan fingerprint density at radius 3 is 1.53 bits per heavy atom. The number of methoxy groups -OCH3 is 3. The van der Waals surface area contributed by atoms with Crippen LogP contribution in [-0.2, 0) is 28.6 Å². The quantitative estimate of drug-likeness (QED) is 0.374. The molecule has 8 heteroatoms. The lowest BCUT2D eigenvalue weighted by atomic mass is 10.3. The molecular weight excluding hydrogens is 292 g/mol. The van der Waals surface area contributed by atoms with Crippen LogP contribution in [0.4, 0.5) is 0 Å². The molecule has 0 aliphatic rings. The molecule has 0 saturated carbocycles. The number of ether oxygens (including phenoxy) is 3. The lowest BCUT2D eigenvalue weighted by Gasteiger charge is -2.26. The molecule has 0 unspecified atom stereocenters. The van der Waals surface area contributed by atoms with Crippen molar-refractivity contribution in [2.45, 2.75) is 17.4 Å². The second-order valence-corrected chi connectivity index (χ2v) is 6.83. The summed E-state index contributed by atoms with van der Waals surface area (Å²) in [5.41, 5.74) is 0. The van der Waals surface area contributed by atoms with E-state index in [4.69, 9.17) is 0 Å². The lowest BCUT2D eigenvalue weighted by molar-refractivity contribution is -0.141. The van der Waals surface area contributed by atoms with Crippen LogP contribution in [-0.4, -0.2) is 54.8 Å². The predicted molar refractivity (Wildman–Crippen MR) is 74.0 cm³/mol. The zero-order valence-corrected chi connectivity index (χ0v) is 13.0. The van der Waals surface area contributed by atoms with E-state index in [9.17, 15) is 14.4 Å². The third kappa shape index (κ3) is 7.99. The van der Waals surface area contributed by atoms with Crippen molar-refractivity contribution in [2.24, 2.45) is 0 Å². The first kappa shape index (κ1) is 18.1. The van der Waals surface area contributed by atoms with Gasteiger partial charge in [0.15, 0.2) is 0 Å². The standard InChI is InChI=1S/C11H18O6S2/c1-11(5-8(12)15-2,18-6-9(13)16-3)19-7-10(14)17-4/h5-7H2,1-4H3. The Hall–Kier alpha value is -0.890. The van der Waals surface area contributed by atoms with Crippen molar-refractivity contribution in [1.82, 2.24) is 0 Å². The fourth-order valence-corrected chi connectivity index (χ4v) is 3.23. The first-order valence-corrected chi connectivity index (χ1v) is 7.32. The Labute approximate surface area is 120 Å². The van der Waals surface area contributed by atoms with Crippen molar-refractivity contribution in [1.29, 1.82) is 0 Å². The zero-order valence-electron chi connectivity index (χ0n) is 11.4. The summed E-state index contributed by atoms with van der Waals surface area (Å²) in [5, 5.41) is 0. The predicted octanol–water partition coefficient (Wildman–Crippen LogP) is 1.08. The van der Waals surface area contributed by atoms with Crippen LogP contribution in [0.3, 0.4) is 0 Å². The Morgan fingerprint density at radius 1 is 0.842 bits per heavy atom. The van der Waals surface area contributed by atoms with Crippen molar-refractivity contribution in [3.05, 3.63) is 0 Å². The third-order valence-corrected chi connectivity index (χ3v) is 5.12. The minimum absolute atomic E-state index is 0.0762. The van der Waals surface area contributed by atoms with Gasteiger partial charge in [0.1, 0.15) is 0 Å². The van der Waals surface area contributed by atoms with Gasteiger partial charge in [-0.05, 0) is 6.92 Å². The SMILES string of the molecule is COC(=O)CSC(C)(CC(=O)OC)SCC(=O)OC. The van der Waals surface area contributed by atoms with Crippen LogP contribution in [0.15, 0.2) is 0 Å². The third-order valence-electron chi connectivity index (χ3n) is 2.14. The molecule has 0 aliphatic heterocycles. The largest absolute Gasteiger partial charge is 0.469 e. The molecule has 0 rings (SSSR count). The molecule has 0 saturated heterocycles. The molecule has 0 atom stereocenters. The van der Waals surface area contributed by atoms with E-state index in [2.05, 4.69) is 14.2 Å². The molecular formula is C11H18O6S2. The summed E-state index contributed by atoms with van der Waals surface area (Å²) in [4.78, 5) is 33.7. The monoisotopic (exact) mass is 310 g/mol. The number of rotatable bonds is 8. The molecule has 0 fully saturated rings. The maximum atomic E-state index is 11.4. The Morgan fingerprint density at radius 2 is 1.21 bits per heavy atom. The van der Waals surface area contributed by atoms with Gasteiger partial charge in [-0.15, -0.1) is 23.5 Å². The number of thioether (sulfide) groups is 2. The summed E-state index contributed by atoms with van der Waals surface area (Å²) < 4.78 is 13.1. The molecule has 0 aliphatic carbocycles. The molecule has 0 bridgehead atoms. The van der Waals surface area contributed by atoms with Crippen LogP contribution in [0.25, 0.3) is 0 Å². The second kappa shape index (κ2) is 9.08. The topological polar surface area (TPSA) is 78.9 Å². The summed E-state index contributed by atoms with van der Waals surface area (Å²) in [6.45, 7) is 1.77. The van der Waals surface area contributed by atoms with Crippen LogP contribution in [0.5, 0.6) is 0 Å². The highest BCUT2D eigenvalue weighted by atomic mass is 32.2. The molecule has 19 heavy (non-hydrogen) atoms. The zero-order chi connectivity index (χ0) is 14.9. The van der Waals surface area contributed by atoms with Crippen LogP contribution >= 0.6 is 23.5 Å². The number of hydrogen-bond acceptors (Lipinski definition) is 8. The number of hydrogen-bond donors (Lipinski definition) is 0. The molecule has 0 radical (unpaired) electrons. The van der Waals surface area contributed by atoms with Crippen molar-refractivity contribution >= 4 is 41.4 Å². The van der Waals surface area contributed by atoms with Crippen LogP contribution in [0, 0.1) is 0 Å². The molecule has 0 heterocycles. The van der Waals surface area contributed by atoms with Crippen LogP contribution < -0.4 is 0 Å². The van der Waals surface area contributed by atoms with Crippen molar-refractivity contribution in [2.75, 3.05) is 32.8 Å². The first-order chi connectivity index (χ1) is 8.86. The van der Waals surface area contributed by atoms with Gasteiger partial charge in [-0.25, -0.2) is 0 Å². The molecule has 0 N–H and O–H groups in total. The van der Waals surface area contributed by atoms with Crippen LogP contribution in [0.1, 0.15) is 13.3 Å². The molecule has 0 amide bonds. The van der Waals surface area contributed by atoms with Gasteiger partial charge in [-0.2, -0.15) is 0 Å². The van der Waals surface area contributed by atoms with E-state index in [-0.39, 0.29) is 29.9 Å². The van der Waals surface area contributed by atoms with E-state index in [1.807, 2.05) is 0 Å². The average molecular weight is 310 g/mol. The molecule has 0 aromatic rings. The first-order valence-electron chi connectivity index (χ1n) is 5.35. The van der Waals surface area contributed by atoms with E-state index in [0.717, 1.165) is 0 Å². The van der Waals surface area contributed by atoms with Crippen molar-refractivity contribution in [3.63, 3.8) is 0 Å². The van der Waals surface area contributed by atoms with Crippen molar-refractivity contribution < 1.29 is 28.6 Å². The molecule has 0 aromatic carbocycles. The number of carbonyl (C=O) groups excluding carboxylic acids is 3. The molecule has 110 valence electrons. The maximum absolute atomic E-state index is 11.4. The smallest absolute Gasteiger partial charge is 0.315 e. The summed E-state index contributed by atoms with van der Waals surface area (Å²) in [7, 11) is 3.88. The van der Waals surface area contributed by atoms with Gasteiger partial charge in [0.25, 0.3) is 0 Å². The molecule has 0 aromatic heterocycles. The second-order valence-electron chi connectivity index (χ2n) is 3.62. The van der Waals surface area contributed by atoms with Gasteiger partial charge in [0.05, 0.1) is 43.3 Å². The fraction of sp³-hybridized carbons (Fsp3) is 0.727. The lowest BCUT2D eigenvalue weighted by Crippen LogP contribution is -2.25. The van der Waals surface area contributed by atoms with Crippen molar-refractivity contribution in [3.8, 4) is 0 Å². The highest BCUT2D eigenvalue weighted by Crippen LogP contribution is 2.40. The van der Waals surface area contributed by atoms with E-state index < -0.39 is 10.0 Å². The highest BCUT2D eigenvalue weighted by Gasteiger charge is 2.31. The van der Waals surface area contributed by atoms with E-state index in [0.29, 0.717) is 0 Å². The fourth-order valence-electron chi connectivity index (χ4n) is 1.02. The average Bonchev–Trinajstić information content (AvgIpc) is 2.42. The van der Waals surface area contributed by atoms with Crippen LogP contribution in [0.2, 0.25) is 0 Å². The summed E-state index contributed by atoms with van der Waals surface area (Å²) in [6, 6.07) is 0. The Balaban J connectivity index is 4.56. The minimum Gasteiger partial charge on any atom is -0.469 e.